The number of hydrogen-bond donors (Lipinski definition) is 4. The molecule has 1 rings (SSSR count). The Kier molecular flexibility index (Phi) is 6.49. The van der Waals surface area contributed by atoms with Crippen molar-refractivity contribution in [3.63, 3.8) is 0 Å². The summed E-state index contributed by atoms with van der Waals surface area (Å²) < 4.78 is 0. The maximum absolute atomic E-state index is 11.8. The van der Waals surface area contributed by atoms with Crippen LogP contribution in [0, 0.1) is 5.92 Å². The summed E-state index contributed by atoms with van der Waals surface area (Å²) in [5.74, 6) is -2.34. The van der Waals surface area contributed by atoms with E-state index in [1.807, 2.05) is 13.8 Å². The van der Waals surface area contributed by atoms with Gasteiger partial charge in [-0.25, -0.2) is 4.79 Å². The van der Waals surface area contributed by atoms with Crippen LogP contribution in [0.1, 0.15) is 48.0 Å². The van der Waals surface area contributed by atoms with Gasteiger partial charge in [-0.1, -0.05) is 13.8 Å². The van der Waals surface area contributed by atoms with E-state index in [2.05, 4.69) is 15.6 Å². The summed E-state index contributed by atoms with van der Waals surface area (Å²) in [6.45, 7) is 4.72. The van der Waals surface area contributed by atoms with E-state index in [9.17, 15) is 19.2 Å². The van der Waals surface area contributed by atoms with Crippen LogP contribution in [0.4, 0.5) is 0 Å². The molecule has 126 valence electrons. The normalized spacial score (nSPS) is 11.8. The molecule has 0 bridgehead atoms. The Bertz CT molecular complexity index is 606. The second-order valence-corrected chi connectivity index (χ2v) is 5.63. The molecule has 23 heavy (non-hydrogen) atoms. The third kappa shape index (κ3) is 5.93. The van der Waals surface area contributed by atoms with E-state index in [4.69, 9.17) is 5.11 Å². The molecule has 0 unspecified atom stereocenters. The molecule has 1 heterocycles. The minimum Gasteiger partial charge on any atom is -0.480 e. The summed E-state index contributed by atoms with van der Waals surface area (Å²) in [5, 5.41) is 13.8. The Hall–Kier alpha value is -2.64. The zero-order valence-electron chi connectivity index (χ0n) is 13.3. The second kappa shape index (κ2) is 8.11. The van der Waals surface area contributed by atoms with Gasteiger partial charge in [0.2, 0.25) is 5.91 Å². The minimum atomic E-state index is -1.12. The van der Waals surface area contributed by atoms with Crippen molar-refractivity contribution in [1.29, 1.82) is 0 Å². The molecule has 0 aliphatic rings. The Morgan fingerprint density at radius 3 is 2.39 bits per heavy atom. The third-order valence-electron chi connectivity index (χ3n) is 3.08. The van der Waals surface area contributed by atoms with E-state index < -0.39 is 23.8 Å². The molecular weight excluding hydrogens is 302 g/mol. The van der Waals surface area contributed by atoms with Gasteiger partial charge in [0.05, 0.1) is 6.54 Å². The lowest BCUT2D eigenvalue weighted by Gasteiger charge is -2.16. The van der Waals surface area contributed by atoms with Gasteiger partial charge in [0, 0.05) is 11.8 Å². The highest BCUT2D eigenvalue weighted by Crippen LogP contribution is 2.05. The van der Waals surface area contributed by atoms with Gasteiger partial charge in [0.15, 0.2) is 5.78 Å². The first-order chi connectivity index (χ1) is 10.7. The molecule has 0 saturated heterocycles. The summed E-state index contributed by atoms with van der Waals surface area (Å²) in [6.07, 6.45) is 1.70. The van der Waals surface area contributed by atoms with Gasteiger partial charge >= 0.3 is 5.97 Å². The Labute approximate surface area is 133 Å². The van der Waals surface area contributed by atoms with Gasteiger partial charge in [-0.15, -0.1) is 0 Å². The highest BCUT2D eigenvalue weighted by molar-refractivity contribution is 6.00. The first-order valence-corrected chi connectivity index (χ1v) is 7.20. The molecule has 8 nitrogen and oxygen atoms in total. The monoisotopic (exact) mass is 323 g/mol. The number of rotatable bonds is 8. The average molecular weight is 323 g/mol. The Morgan fingerprint density at radius 2 is 1.91 bits per heavy atom. The van der Waals surface area contributed by atoms with E-state index in [1.165, 1.54) is 19.2 Å². The summed E-state index contributed by atoms with van der Waals surface area (Å²) in [6, 6.07) is 0.392. The molecule has 0 fully saturated rings. The van der Waals surface area contributed by atoms with Crippen LogP contribution in [0.25, 0.3) is 0 Å². The molecule has 0 saturated carbocycles. The molecule has 0 aliphatic heterocycles. The molecule has 8 heteroatoms. The lowest BCUT2D eigenvalue weighted by molar-refractivity contribution is -0.142. The number of carbonyl (C=O) groups excluding carboxylic acids is 3. The van der Waals surface area contributed by atoms with E-state index in [0.717, 1.165) is 0 Å². The topological polar surface area (TPSA) is 128 Å². The Balaban J connectivity index is 2.52. The van der Waals surface area contributed by atoms with Crippen molar-refractivity contribution in [3.05, 3.63) is 23.5 Å². The van der Waals surface area contributed by atoms with Gasteiger partial charge in [0.25, 0.3) is 5.91 Å². The number of carbonyl (C=O) groups is 4. The van der Waals surface area contributed by atoms with Crippen molar-refractivity contribution in [3.8, 4) is 0 Å². The fourth-order valence-corrected chi connectivity index (χ4v) is 1.92. The maximum atomic E-state index is 11.8. The standard InChI is InChI=1S/C15H21N3O5/c1-8(2)4-12(15(22)23)18-13(20)7-17-14(21)11-5-10(6-16-11)9(3)19/h5-6,8,12,16H,4,7H2,1-3H3,(H,17,21)(H,18,20)(H,22,23)/t12-/m0/s1. The Morgan fingerprint density at radius 1 is 1.26 bits per heavy atom. The van der Waals surface area contributed by atoms with Crippen molar-refractivity contribution < 1.29 is 24.3 Å². The predicted molar refractivity (Wildman–Crippen MR) is 82.2 cm³/mol. The van der Waals surface area contributed by atoms with Crippen molar-refractivity contribution in [2.45, 2.75) is 33.2 Å². The van der Waals surface area contributed by atoms with E-state index in [-0.39, 0.29) is 23.9 Å². The van der Waals surface area contributed by atoms with Crippen LogP contribution in [0.3, 0.4) is 0 Å². The highest BCUT2D eigenvalue weighted by Gasteiger charge is 2.21. The number of hydrogen-bond acceptors (Lipinski definition) is 4. The fraction of sp³-hybridized carbons (Fsp3) is 0.467. The molecule has 1 aromatic rings. The number of carboxylic acid groups (broad SMARTS) is 1. The summed E-state index contributed by atoms with van der Waals surface area (Å²) >= 11 is 0. The lowest BCUT2D eigenvalue weighted by atomic mass is 10.0. The van der Waals surface area contributed by atoms with Crippen molar-refractivity contribution >= 4 is 23.6 Å². The van der Waals surface area contributed by atoms with Crippen LogP contribution in [-0.4, -0.2) is 46.2 Å². The van der Waals surface area contributed by atoms with Crippen LogP contribution in [-0.2, 0) is 9.59 Å². The van der Waals surface area contributed by atoms with Gasteiger partial charge in [-0.3, -0.25) is 14.4 Å². The number of Topliss-reactive ketones (excluding diaryl/α,β-unsaturated/α-hetero) is 1. The summed E-state index contributed by atoms with van der Waals surface area (Å²) in [5.41, 5.74) is 0.516. The van der Waals surface area contributed by atoms with Crippen molar-refractivity contribution in [2.75, 3.05) is 6.54 Å². The molecule has 0 aliphatic carbocycles. The number of carboxylic acids is 1. The highest BCUT2D eigenvalue weighted by atomic mass is 16.4. The zero-order chi connectivity index (χ0) is 17.6. The van der Waals surface area contributed by atoms with E-state index >= 15 is 0 Å². The first-order valence-electron chi connectivity index (χ1n) is 7.20. The minimum absolute atomic E-state index is 0.106. The largest absolute Gasteiger partial charge is 0.480 e. The van der Waals surface area contributed by atoms with Crippen LogP contribution >= 0.6 is 0 Å². The van der Waals surface area contributed by atoms with Crippen LogP contribution in [0.5, 0.6) is 0 Å². The van der Waals surface area contributed by atoms with Gasteiger partial charge in [-0.2, -0.15) is 0 Å². The average Bonchev–Trinajstić information content (AvgIpc) is 2.93. The molecular formula is C15H21N3O5. The SMILES string of the molecule is CC(=O)c1c[nH]c(C(=O)NCC(=O)N[C@@H](CC(C)C)C(=O)O)c1. The summed E-state index contributed by atoms with van der Waals surface area (Å²) in [7, 11) is 0. The number of nitrogens with one attached hydrogen (secondary N) is 3. The number of aromatic nitrogens is 1. The molecule has 2 amide bonds. The third-order valence-corrected chi connectivity index (χ3v) is 3.08. The van der Waals surface area contributed by atoms with E-state index in [1.54, 1.807) is 0 Å². The molecule has 0 radical (unpaired) electrons. The van der Waals surface area contributed by atoms with Crippen LogP contribution in [0.15, 0.2) is 12.3 Å². The van der Waals surface area contributed by atoms with Crippen molar-refractivity contribution in [2.24, 2.45) is 5.92 Å². The van der Waals surface area contributed by atoms with Crippen LogP contribution < -0.4 is 10.6 Å². The molecule has 1 aromatic heterocycles. The number of amides is 2. The smallest absolute Gasteiger partial charge is 0.326 e. The zero-order valence-corrected chi connectivity index (χ0v) is 13.3. The van der Waals surface area contributed by atoms with E-state index in [0.29, 0.717) is 12.0 Å². The van der Waals surface area contributed by atoms with Crippen LogP contribution in [0.2, 0.25) is 0 Å². The second-order valence-electron chi connectivity index (χ2n) is 5.63. The van der Waals surface area contributed by atoms with Gasteiger partial charge < -0.3 is 20.7 Å². The number of aromatic amines is 1. The quantitative estimate of drug-likeness (QED) is 0.520. The molecule has 4 N–H and O–H groups in total. The first kappa shape index (κ1) is 18.4. The predicted octanol–water partition coefficient (Wildman–Crippen LogP) is 0.563. The number of ketones is 1. The summed E-state index contributed by atoms with van der Waals surface area (Å²) in [4.78, 5) is 48.4. The lowest BCUT2D eigenvalue weighted by Crippen LogP contribution is -2.46. The van der Waals surface area contributed by atoms with Gasteiger partial charge in [0.1, 0.15) is 11.7 Å². The molecule has 0 aromatic carbocycles. The molecule has 1 atom stereocenters. The van der Waals surface area contributed by atoms with Gasteiger partial charge in [-0.05, 0) is 25.3 Å². The maximum Gasteiger partial charge on any atom is 0.326 e. The molecule has 0 spiro atoms. The number of H-pyrrole nitrogens is 1. The van der Waals surface area contributed by atoms with Crippen molar-refractivity contribution in [1.82, 2.24) is 15.6 Å². The number of aliphatic carboxylic acids is 1. The fourth-order valence-electron chi connectivity index (χ4n) is 1.92.